The van der Waals surface area contributed by atoms with Crippen LogP contribution in [0.4, 0.5) is 11.4 Å². The van der Waals surface area contributed by atoms with Crippen LogP contribution in [-0.4, -0.2) is 19.2 Å². The van der Waals surface area contributed by atoms with Crippen molar-refractivity contribution in [2.45, 2.75) is 39.3 Å². The van der Waals surface area contributed by atoms with Crippen LogP contribution in [0.5, 0.6) is 5.75 Å². The van der Waals surface area contributed by atoms with Gasteiger partial charge in [0, 0.05) is 36.1 Å². The molecule has 1 atom stereocenters. The van der Waals surface area contributed by atoms with Crippen molar-refractivity contribution in [3.8, 4) is 5.75 Å². The summed E-state index contributed by atoms with van der Waals surface area (Å²) < 4.78 is 5.77. The number of nitrogens with zero attached hydrogens (tertiary/aromatic N) is 1. The maximum atomic E-state index is 5.98. The molecule has 2 aromatic rings. The highest BCUT2D eigenvalue weighted by atomic mass is 32.1. The first-order chi connectivity index (χ1) is 9.97. The van der Waals surface area contributed by atoms with E-state index >= 15 is 0 Å². The van der Waals surface area contributed by atoms with Crippen LogP contribution in [0.2, 0.25) is 0 Å². The second kappa shape index (κ2) is 6.85. The Kier molecular flexibility index (Phi) is 5.12. The van der Waals surface area contributed by atoms with E-state index < -0.39 is 0 Å². The highest BCUT2D eigenvalue weighted by Crippen LogP contribution is 2.29. The number of likely N-dealkylation sites (N-methyl/N-ethyl adjacent to an activating group) is 1. The van der Waals surface area contributed by atoms with Crippen molar-refractivity contribution in [3.63, 3.8) is 0 Å². The first kappa shape index (κ1) is 15.7. The maximum Gasteiger partial charge on any atom is 0.144 e. The highest BCUT2D eigenvalue weighted by Gasteiger charge is 2.13. The summed E-state index contributed by atoms with van der Waals surface area (Å²) in [6.45, 7) is 6.25. The lowest BCUT2D eigenvalue weighted by Gasteiger charge is -2.27. The number of nitrogens with two attached hydrogens (primary N) is 1. The normalized spacial score (nSPS) is 12.4. The predicted octanol–water partition coefficient (Wildman–Crippen LogP) is 4.18. The minimum absolute atomic E-state index is 0.122. The average molecular weight is 304 g/mol. The fraction of sp³-hybridized carbons (Fsp3) is 0.412. The highest BCUT2D eigenvalue weighted by molar-refractivity contribution is 7.09. The molecule has 2 N–H and O–H groups in total. The molecular weight excluding hydrogens is 280 g/mol. The van der Waals surface area contributed by atoms with E-state index in [2.05, 4.69) is 36.4 Å². The van der Waals surface area contributed by atoms with Gasteiger partial charge in [-0.2, -0.15) is 0 Å². The first-order valence-corrected chi connectivity index (χ1v) is 8.16. The Morgan fingerprint density at radius 3 is 2.62 bits per heavy atom. The van der Waals surface area contributed by atoms with Crippen molar-refractivity contribution in [3.05, 3.63) is 40.6 Å². The Balaban J connectivity index is 2.12. The molecule has 1 unspecified atom stereocenters. The molecule has 0 aliphatic rings. The first-order valence-electron chi connectivity index (χ1n) is 7.28. The second-order valence-corrected chi connectivity index (χ2v) is 6.66. The minimum atomic E-state index is 0.122. The van der Waals surface area contributed by atoms with Crippen LogP contribution in [0.25, 0.3) is 0 Å². The molecule has 2 rings (SSSR count). The van der Waals surface area contributed by atoms with Crippen molar-refractivity contribution >= 4 is 22.7 Å². The van der Waals surface area contributed by atoms with E-state index in [9.17, 15) is 0 Å². The molecule has 4 heteroatoms. The zero-order chi connectivity index (χ0) is 15.4. The van der Waals surface area contributed by atoms with Gasteiger partial charge in [0.2, 0.25) is 0 Å². The fourth-order valence-electron chi connectivity index (χ4n) is 2.21. The summed E-state index contributed by atoms with van der Waals surface area (Å²) in [7, 11) is 2.11. The van der Waals surface area contributed by atoms with Gasteiger partial charge in [-0.05, 0) is 44.4 Å². The molecule has 0 bridgehead atoms. The second-order valence-electron chi connectivity index (χ2n) is 5.63. The van der Waals surface area contributed by atoms with Gasteiger partial charge in [0.05, 0.1) is 11.8 Å². The van der Waals surface area contributed by atoms with Crippen molar-refractivity contribution in [2.24, 2.45) is 0 Å². The molecule has 0 saturated heterocycles. The average Bonchev–Trinajstić information content (AvgIpc) is 2.92. The molecule has 0 saturated carbocycles. The molecule has 1 heterocycles. The Bertz CT molecular complexity index is 566. The van der Waals surface area contributed by atoms with E-state index in [0.717, 1.165) is 17.9 Å². The van der Waals surface area contributed by atoms with Crippen LogP contribution >= 0.6 is 11.3 Å². The van der Waals surface area contributed by atoms with Crippen LogP contribution in [0.3, 0.4) is 0 Å². The lowest BCUT2D eigenvalue weighted by atomic mass is 10.1. The van der Waals surface area contributed by atoms with Gasteiger partial charge in [0.1, 0.15) is 5.75 Å². The van der Waals surface area contributed by atoms with Crippen LogP contribution in [0.1, 0.15) is 25.6 Å². The molecular formula is C17H24N2OS. The number of thiophene rings is 1. The molecule has 0 aliphatic carbocycles. The van der Waals surface area contributed by atoms with Crippen LogP contribution in [0.15, 0.2) is 35.7 Å². The summed E-state index contributed by atoms with van der Waals surface area (Å²) in [6, 6.07) is 10.7. The van der Waals surface area contributed by atoms with Gasteiger partial charge in [-0.1, -0.05) is 6.07 Å². The largest absolute Gasteiger partial charge is 0.489 e. The number of hydrogen-bond donors (Lipinski definition) is 1. The molecule has 0 aliphatic heterocycles. The molecule has 0 spiro atoms. The Hall–Kier alpha value is -1.68. The zero-order valence-electron chi connectivity index (χ0n) is 13.2. The summed E-state index contributed by atoms with van der Waals surface area (Å²) >= 11 is 1.81. The van der Waals surface area contributed by atoms with Gasteiger partial charge >= 0.3 is 0 Å². The van der Waals surface area contributed by atoms with Crippen LogP contribution in [0, 0.1) is 0 Å². The summed E-state index contributed by atoms with van der Waals surface area (Å²) in [5, 5.41) is 2.12. The minimum Gasteiger partial charge on any atom is -0.489 e. The molecule has 1 aromatic heterocycles. The SMILES string of the molecule is CC(C)Oc1cc(N(C)C(C)Cc2cccs2)ccc1N. The zero-order valence-corrected chi connectivity index (χ0v) is 14.0. The van der Waals surface area contributed by atoms with Gasteiger partial charge in [0.25, 0.3) is 0 Å². The van der Waals surface area contributed by atoms with E-state index in [1.165, 1.54) is 4.88 Å². The lowest BCUT2D eigenvalue weighted by Crippen LogP contribution is -2.30. The number of benzene rings is 1. The Morgan fingerprint density at radius 1 is 1.24 bits per heavy atom. The standard InChI is InChI=1S/C17H24N2OS/c1-12(2)20-17-11-14(7-8-16(17)18)19(4)13(3)10-15-6-5-9-21-15/h5-9,11-13H,10,18H2,1-4H3. The molecule has 0 radical (unpaired) electrons. The van der Waals surface area contributed by atoms with E-state index in [-0.39, 0.29) is 6.10 Å². The third kappa shape index (κ3) is 4.14. The Labute approximate surface area is 131 Å². The van der Waals surface area contributed by atoms with E-state index in [0.29, 0.717) is 11.7 Å². The molecule has 21 heavy (non-hydrogen) atoms. The van der Waals surface area contributed by atoms with Crippen molar-refractivity contribution in [1.29, 1.82) is 0 Å². The van der Waals surface area contributed by atoms with Gasteiger partial charge in [0.15, 0.2) is 0 Å². The third-order valence-corrected chi connectivity index (χ3v) is 4.40. The molecule has 1 aromatic carbocycles. The fourth-order valence-corrected chi connectivity index (χ4v) is 3.04. The summed E-state index contributed by atoms with van der Waals surface area (Å²) in [5.41, 5.74) is 7.80. The molecule has 114 valence electrons. The number of hydrogen-bond acceptors (Lipinski definition) is 4. The van der Waals surface area contributed by atoms with Gasteiger partial charge in [-0.3, -0.25) is 0 Å². The quantitative estimate of drug-likeness (QED) is 0.813. The lowest BCUT2D eigenvalue weighted by molar-refractivity contribution is 0.244. The molecule has 0 amide bonds. The van der Waals surface area contributed by atoms with Crippen LogP contribution in [-0.2, 0) is 6.42 Å². The van der Waals surface area contributed by atoms with E-state index in [4.69, 9.17) is 10.5 Å². The van der Waals surface area contributed by atoms with Crippen molar-refractivity contribution in [2.75, 3.05) is 17.7 Å². The molecule has 3 nitrogen and oxygen atoms in total. The monoisotopic (exact) mass is 304 g/mol. The summed E-state index contributed by atoms with van der Waals surface area (Å²) in [5.74, 6) is 0.762. The third-order valence-electron chi connectivity index (χ3n) is 3.50. The van der Waals surface area contributed by atoms with Gasteiger partial charge in [-0.25, -0.2) is 0 Å². The van der Waals surface area contributed by atoms with Crippen LogP contribution < -0.4 is 15.4 Å². The summed E-state index contributed by atoms with van der Waals surface area (Å²) in [6.07, 6.45) is 1.16. The number of anilines is 2. The van der Waals surface area contributed by atoms with E-state index in [1.54, 1.807) is 11.3 Å². The predicted molar refractivity (Wildman–Crippen MR) is 92.5 cm³/mol. The number of nitrogen functional groups attached to an aromatic ring is 1. The van der Waals surface area contributed by atoms with Crippen molar-refractivity contribution < 1.29 is 4.74 Å². The number of ether oxygens (including phenoxy) is 1. The molecule has 0 fully saturated rings. The maximum absolute atomic E-state index is 5.98. The summed E-state index contributed by atoms with van der Waals surface area (Å²) in [4.78, 5) is 3.68. The van der Waals surface area contributed by atoms with Gasteiger partial charge in [-0.15, -0.1) is 11.3 Å². The topological polar surface area (TPSA) is 38.5 Å². The number of rotatable bonds is 6. The Morgan fingerprint density at radius 2 is 2.00 bits per heavy atom. The van der Waals surface area contributed by atoms with E-state index in [1.807, 2.05) is 32.0 Å². The smallest absolute Gasteiger partial charge is 0.144 e. The van der Waals surface area contributed by atoms with Gasteiger partial charge < -0.3 is 15.4 Å². The van der Waals surface area contributed by atoms with Crippen molar-refractivity contribution in [1.82, 2.24) is 0 Å².